The Kier molecular flexibility index (Phi) is 5.24. The molecule has 2 aromatic carbocycles. The van der Waals surface area contributed by atoms with Crippen molar-refractivity contribution in [3.8, 4) is 11.5 Å². The van der Waals surface area contributed by atoms with Gasteiger partial charge in [-0.25, -0.2) is 4.90 Å². The molecular formula is C25H21N3O6. The number of imide groups is 1. The summed E-state index contributed by atoms with van der Waals surface area (Å²) in [4.78, 5) is 53.0. The normalized spacial score (nSPS) is 24.8. The third kappa shape index (κ3) is 3.37. The average Bonchev–Trinajstić information content (AvgIpc) is 3.31. The molecule has 0 aliphatic carbocycles. The number of amides is 2. The first-order valence-electron chi connectivity index (χ1n) is 10.7. The average molecular weight is 459 g/mol. The number of methoxy groups -OCH3 is 1. The number of esters is 1. The molecule has 2 amide bonds. The van der Waals surface area contributed by atoms with Crippen LogP contribution in [0.3, 0.4) is 0 Å². The molecule has 0 unspecified atom stereocenters. The van der Waals surface area contributed by atoms with Gasteiger partial charge in [-0.15, -0.1) is 0 Å². The zero-order valence-corrected chi connectivity index (χ0v) is 18.5. The smallest absolute Gasteiger partial charge is 0.308 e. The Hall–Kier alpha value is -4.27. The summed E-state index contributed by atoms with van der Waals surface area (Å²) in [6.07, 6.45) is 5.05. The fourth-order valence-electron chi connectivity index (χ4n) is 4.85. The molecule has 172 valence electrons. The number of hydrogen-bond donors (Lipinski definition) is 0. The van der Waals surface area contributed by atoms with Gasteiger partial charge in [-0.2, -0.15) is 5.10 Å². The number of Topliss-reactive ketones (excluding diaryl/α,β-unsaturated/α-hetero) is 1. The van der Waals surface area contributed by atoms with Gasteiger partial charge in [0.05, 0.1) is 30.7 Å². The first-order chi connectivity index (χ1) is 16.4. The van der Waals surface area contributed by atoms with Crippen LogP contribution in [0, 0.1) is 11.8 Å². The van der Waals surface area contributed by atoms with Crippen LogP contribution in [0.15, 0.2) is 65.8 Å². The van der Waals surface area contributed by atoms with Gasteiger partial charge in [-0.3, -0.25) is 24.2 Å². The minimum absolute atomic E-state index is 0.308. The molecule has 9 nitrogen and oxygen atoms in total. The summed E-state index contributed by atoms with van der Waals surface area (Å²) in [5.41, 5.74) is 0.755. The molecule has 2 saturated heterocycles. The maximum absolute atomic E-state index is 13.6. The topological polar surface area (TPSA) is 106 Å². The highest BCUT2D eigenvalue weighted by Gasteiger charge is 2.64. The third-order valence-corrected chi connectivity index (χ3v) is 6.29. The van der Waals surface area contributed by atoms with Crippen LogP contribution in [-0.2, 0) is 14.4 Å². The lowest BCUT2D eigenvalue weighted by Gasteiger charge is -2.30. The molecule has 9 heteroatoms. The van der Waals surface area contributed by atoms with Crippen LogP contribution in [0.1, 0.15) is 17.3 Å². The first kappa shape index (κ1) is 21.6. The lowest BCUT2D eigenvalue weighted by Crippen LogP contribution is -2.46. The van der Waals surface area contributed by atoms with Crippen molar-refractivity contribution in [2.75, 3.05) is 12.0 Å². The molecule has 0 saturated carbocycles. The van der Waals surface area contributed by atoms with E-state index in [9.17, 15) is 19.2 Å². The second-order valence-electron chi connectivity index (χ2n) is 8.21. The SMILES string of the molecule is COc1ccc(N2C(=O)[C@@H]3[C@H](C2=O)[C@H]2C=CC=NN2[C@@H]3C(=O)c2ccc(OC(C)=O)cc2)cc1. The predicted molar refractivity (Wildman–Crippen MR) is 122 cm³/mol. The summed E-state index contributed by atoms with van der Waals surface area (Å²) in [7, 11) is 1.53. The number of carbonyl (C=O) groups excluding carboxylic acids is 4. The quantitative estimate of drug-likeness (QED) is 0.292. The Labute approximate surface area is 195 Å². The van der Waals surface area contributed by atoms with Gasteiger partial charge < -0.3 is 9.47 Å². The number of rotatable bonds is 5. The van der Waals surface area contributed by atoms with Crippen molar-refractivity contribution in [3.63, 3.8) is 0 Å². The predicted octanol–water partition coefficient (Wildman–Crippen LogP) is 2.22. The van der Waals surface area contributed by atoms with Crippen LogP contribution < -0.4 is 14.4 Å². The van der Waals surface area contributed by atoms with Crippen molar-refractivity contribution >= 4 is 35.5 Å². The monoisotopic (exact) mass is 459 g/mol. The summed E-state index contributed by atoms with van der Waals surface area (Å²) in [5.74, 6) is -2.32. The van der Waals surface area contributed by atoms with Crippen LogP contribution in [0.4, 0.5) is 5.69 Å². The summed E-state index contributed by atoms with van der Waals surface area (Å²) >= 11 is 0. The summed E-state index contributed by atoms with van der Waals surface area (Å²) in [6.45, 7) is 1.29. The fourth-order valence-corrected chi connectivity index (χ4v) is 4.85. The molecule has 0 radical (unpaired) electrons. The third-order valence-electron chi connectivity index (χ3n) is 6.29. The molecule has 4 atom stereocenters. The molecular weight excluding hydrogens is 438 g/mol. The van der Waals surface area contributed by atoms with E-state index in [1.54, 1.807) is 41.4 Å². The number of benzene rings is 2. The Morgan fingerprint density at radius 3 is 2.21 bits per heavy atom. The minimum Gasteiger partial charge on any atom is -0.497 e. The molecule has 0 bridgehead atoms. The van der Waals surface area contributed by atoms with Gasteiger partial charge in [0.2, 0.25) is 11.8 Å². The van der Waals surface area contributed by atoms with Crippen LogP contribution >= 0.6 is 0 Å². The van der Waals surface area contributed by atoms with E-state index < -0.39 is 35.8 Å². The highest BCUT2D eigenvalue weighted by molar-refractivity contribution is 6.24. The first-order valence-corrected chi connectivity index (χ1v) is 10.7. The standard InChI is InChI=1S/C25H21N3O6/c1-14(29)34-18-9-5-15(6-10-18)23(30)22-21-20(19-4-3-13-26-28(19)22)24(31)27(25(21)32)16-7-11-17(33-2)12-8-16/h3-13,19-22H,1-2H3/t19-,20-,21-,22+/m1/s1. The van der Waals surface area contributed by atoms with E-state index in [4.69, 9.17) is 9.47 Å². The lowest BCUT2D eigenvalue weighted by atomic mass is 9.86. The van der Waals surface area contributed by atoms with E-state index in [-0.39, 0.29) is 11.7 Å². The Bertz CT molecular complexity index is 1230. The van der Waals surface area contributed by atoms with Crippen molar-refractivity contribution in [2.45, 2.75) is 19.0 Å². The molecule has 3 heterocycles. The molecule has 3 aliphatic heterocycles. The molecule has 2 fully saturated rings. The van der Waals surface area contributed by atoms with E-state index in [0.29, 0.717) is 22.7 Å². The van der Waals surface area contributed by atoms with Crippen LogP contribution in [0.25, 0.3) is 0 Å². The summed E-state index contributed by atoms with van der Waals surface area (Å²) in [5, 5.41) is 5.89. The largest absolute Gasteiger partial charge is 0.497 e. The maximum atomic E-state index is 13.6. The van der Waals surface area contributed by atoms with Crippen molar-refractivity contribution in [2.24, 2.45) is 16.9 Å². The lowest BCUT2D eigenvalue weighted by molar-refractivity contribution is -0.132. The number of nitrogens with zero attached hydrogens (tertiary/aromatic N) is 3. The zero-order chi connectivity index (χ0) is 24.0. The van der Waals surface area contributed by atoms with Crippen LogP contribution in [0.5, 0.6) is 11.5 Å². The van der Waals surface area contributed by atoms with Crippen LogP contribution in [0.2, 0.25) is 0 Å². The molecule has 0 spiro atoms. The second-order valence-corrected chi connectivity index (χ2v) is 8.21. The highest BCUT2D eigenvalue weighted by atomic mass is 16.5. The molecule has 5 rings (SSSR count). The van der Waals surface area contributed by atoms with Crippen molar-refractivity contribution in [1.29, 1.82) is 0 Å². The minimum atomic E-state index is -0.949. The fraction of sp³-hybridized carbons (Fsp3) is 0.240. The summed E-state index contributed by atoms with van der Waals surface area (Å²) in [6, 6.07) is 11.3. The number of hydrazone groups is 1. The van der Waals surface area contributed by atoms with Crippen molar-refractivity contribution < 1.29 is 28.7 Å². The second kappa shape index (κ2) is 8.26. The maximum Gasteiger partial charge on any atom is 0.308 e. The number of hydrogen-bond acceptors (Lipinski definition) is 8. The van der Waals surface area contributed by atoms with Gasteiger partial charge >= 0.3 is 5.97 Å². The zero-order valence-electron chi connectivity index (χ0n) is 18.5. The van der Waals surface area contributed by atoms with Gasteiger partial charge in [0.15, 0.2) is 5.78 Å². The number of fused-ring (bicyclic) bond motifs is 3. The van der Waals surface area contributed by atoms with Crippen molar-refractivity contribution in [3.05, 3.63) is 66.2 Å². The van der Waals surface area contributed by atoms with Gasteiger partial charge in [0, 0.05) is 18.7 Å². The van der Waals surface area contributed by atoms with E-state index in [2.05, 4.69) is 5.10 Å². The summed E-state index contributed by atoms with van der Waals surface area (Å²) < 4.78 is 10.2. The number of carbonyl (C=O) groups is 4. The Balaban J connectivity index is 1.50. The van der Waals surface area contributed by atoms with Crippen LogP contribution in [-0.4, -0.2) is 54.0 Å². The molecule has 0 N–H and O–H groups in total. The van der Waals surface area contributed by atoms with Gasteiger partial charge in [-0.05, 0) is 54.6 Å². The number of ether oxygens (including phenoxy) is 2. The van der Waals surface area contributed by atoms with E-state index in [0.717, 1.165) is 4.90 Å². The van der Waals surface area contributed by atoms with E-state index in [1.807, 2.05) is 0 Å². The van der Waals surface area contributed by atoms with E-state index >= 15 is 0 Å². The van der Waals surface area contributed by atoms with Crippen molar-refractivity contribution in [1.82, 2.24) is 5.01 Å². The molecule has 2 aromatic rings. The van der Waals surface area contributed by atoms with Gasteiger partial charge in [-0.1, -0.05) is 6.08 Å². The molecule has 34 heavy (non-hydrogen) atoms. The number of anilines is 1. The van der Waals surface area contributed by atoms with Gasteiger partial charge in [0.1, 0.15) is 17.5 Å². The number of allylic oxidation sites excluding steroid dienone is 1. The molecule has 3 aliphatic rings. The van der Waals surface area contributed by atoms with E-state index in [1.165, 1.54) is 44.5 Å². The Morgan fingerprint density at radius 1 is 0.912 bits per heavy atom. The molecule has 0 aromatic heterocycles. The van der Waals surface area contributed by atoms with Gasteiger partial charge in [0.25, 0.3) is 0 Å². The highest BCUT2D eigenvalue weighted by Crippen LogP contribution is 2.46. The Morgan fingerprint density at radius 2 is 1.56 bits per heavy atom. The number of ketones is 1.